The molecule has 0 saturated carbocycles. The summed E-state index contributed by atoms with van der Waals surface area (Å²) >= 11 is 6.03. The lowest BCUT2D eigenvalue weighted by Crippen LogP contribution is -2.52. The van der Waals surface area contributed by atoms with E-state index in [1.54, 1.807) is 24.3 Å². The lowest BCUT2D eigenvalue weighted by Gasteiger charge is -2.33. The fourth-order valence-corrected chi connectivity index (χ4v) is 2.38. The molecule has 0 radical (unpaired) electrons. The number of carboxylic acids is 1. The van der Waals surface area contributed by atoms with Gasteiger partial charge in [0.1, 0.15) is 5.75 Å². The second-order valence-corrected chi connectivity index (χ2v) is 5.33. The van der Waals surface area contributed by atoms with E-state index in [1.807, 2.05) is 6.92 Å². The molecule has 7 heteroatoms. The summed E-state index contributed by atoms with van der Waals surface area (Å²) in [5.74, 6) is -0.887. The zero-order chi connectivity index (χ0) is 16.1. The topological polar surface area (TPSA) is 76.1 Å². The fourth-order valence-electron chi connectivity index (χ4n) is 2.20. The molecule has 2 unspecified atom stereocenters. The van der Waals surface area contributed by atoms with Crippen molar-refractivity contribution in [2.24, 2.45) is 0 Å². The highest BCUT2D eigenvalue weighted by atomic mass is 35.5. The van der Waals surface area contributed by atoms with E-state index in [4.69, 9.17) is 26.2 Å². The smallest absolute Gasteiger partial charge is 0.334 e. The van der Waals surface area contributed by atoms with E-state index in [-0.39, 0.29) is 19.1 Å². The van der Waals surface area contributed by atoms with Crippen LogP contribution in [0.15, 0.2) is 24.3 Å². The van der Waals surface area contributed by atoms with Crippen molar-refractivity contribution in [3.63, 3.8) is 0 Å². The molecule has 0 bridgehead atoms. The largest absolute Gasteiger partial charge is 0.479 e. The molecule has 1 aliphatic rings. The summed E-state index contributed by atoms with van der Waals surface area (Å²) in [4.78, 5) is 25.0. The van der Waals surface area contributed by atoms with Gasteiger partial charge in [0.15, 0.2) is 12.2 Å². The molecule has 2 rings (SSSR count). The van der Waals surface area contributed by atoms with Gasteiger partial charge in [0.25, 0.3) is 5.91 Å². The van der Waals surface area contributed by atoms with Crippen LogP contribution in [0, 0.1) is 0 Å². The van der Waals surface area contributed by atoms with Gasteiger partial charge in [0, 0.05) is 6.54 Å². The minimum Gasteiger partial charge on any atom is -0.479 e. The molecule has 0 spiro atoms. The molecule has 120 valence electrons. The number of benzene rings is 1. The van der Waals surface area contributed by atoms with Crippen molar-refractivity contribution in [2.45, 2.75) is 25.6 Å². The number of hydrogen-bond donors (Lipinski definition) is 1. The average molecular weight is 328 g/mol. The Hall–Kier alpha value is -1.79. The molecule has 1 N–H and O–H groups in total. The van der Waals surface area contributed by atoms with Crippen LogP contribution in [0.25, 0.3) is 0 Å². The lowest BCUT2D eigenvalue weighted by molar-refractivity contribution is -0.161. The summed E-state index contributed by atoms with van der Waals surface area (Å²) < 4.78 is 10.8. The summed E-state index contributed by atoms with van der Waals surface area (Å²) in [6.45, 7) is 2.40. The highest BCUT2D eigenvalue weighted by molar-refractivity contribution is 6.32. The molecule has 0 aliphatic carbocycles. The Morgan fingerprint density at radius 2 is 2.23 bits per heavy atom. The molecule has 1 aromatic carbocycles. The van der Waals surface area contributed by atoms with Gasteiger partial charge in [-0.1, -0.05) is 30.7 Å². The second kappa shape index (κ2) is 7.47. The minimum atomic E-state index is -1.07. The number of aliphatic carboxylic acids is 1. The van der Waals surface area contributed by atoms with Crippen molar-refractivity contribution in [1.82, 2.24) is 4.90 Å². The van der Waals surface area contributed by atoms with E-state index in [0.717, 1.165) is 0 Å². The molecule has 1 aromatic rings. The molecule has 22 heavy (non-hydrogen) atoms. The highest BCUT2D eigenvalue weighted by Gasteiger charge is 2.32. The number of halogens is 1. The number of hydrogen-bond acceptors (Lipinski definition) is 4. The Balaban J connectivity index is 2.05. The van der Waals surface area contributed by atoms with Gasteiger partial charge in [-0.05, 0) is 18.6 Å². The third kappa shape index (κ3) is 3.90. The molecule has 1 aliphatic heterocycles. The van der Waals surface area contributed by atoms with Crippen LogP contribution in [0.4, 0.5) is 0 Å². The third-order valence-electron chi connectivity index (χ3n) is 3.41. The summed E-state index contributed by atoms with van der Waals surface area (Å²) in [5.41, 5.74) is 0. The monoisotopic (exact) mass is 327 g/mol. The molecule has 1 saturated heterocycles. The van der Waals surface area contributed by atoms with Crippen LogP contribution in [0.2, 0.25) is 5.02 Å². The summed E-state index contributed by atoms with van der Waals surface area (Å²) in [6.07, 6.45) is -1.23. The van der Waals surface area contributed by atoms with Gasteiger partial charge in [-0.15, -0.1) is 0 Å². The van der Waals surface area contributed by atoms with Crippen molar-refractivity contribution in [3.8, 4) is 5.75 Å². The molecule has 2 atom stereocenters. The van der Waals surface area contributed by atoms with E-state index < -0.39 is 18.2 Å². The van der Waals surface area contributed by atoms with Gasteiger partial charge in [-0.2, -0.15) is 0 Å². The van der Waals surface area contributed by atoms with Crippen molar-refractivity contribution in [2.75, 3.05) is 19.7 Å². The Labute approximate surface area is 133 Å². The first-order chi connectivity index (χ1) is 10.5. The van der Waals surface area contributed by atoms with E-state index >= 15 is 0 Å². The van der Waals surface area contributed by atoms with Crippen LogP contribution in [-0.2, 0) is 14.3 Å². The van der Waals surface area contributed by atoms with Crippen LogP contribution in [0.5, 0.6) is 5.75 Å². The van der Waals surface area contributed by atoms with Crippen LogP contribution in [0.1, 0.15) is 13.3 Å². The van der Waals surface area contributed by atoms with Crippen molar-refractivity contribution < 1.29 is 24.2 Å². The van der Waals surface area contributed by atoms with E-state index in [9.17, 15) is 9.59 Å². The number of nitrogens with zero attached hydrogens (tertiary/aromatic N) is 1. The van der Waals surface area contributed by atoms with E-state index in [2.05, 4.69) is 0 Å². The number of carbonyl (C=O) groups excluding carboxylic acids is 1. The molecular formula is C15H18ClNO5. The zero-order valence-electron chi connectivity index (χ0n) is 12.2. The van der Waals surface area contributed by atoms with E-state index in [1.165, 1.54) is 4.90 Å². The van der Waals surface area contributed by atoms with E-state index in [0.29, 0.717) is 23.7 Å². The number of amides is 1. The summed E-state index contributed by atoms with van der Waals surface area (Å²) in [6, 6.07) is 6.92. The van der Waals surface area contributed by atoms with Gasteiger partial charge in [0.05, 0.1) is 18.2 Å². The van der Waals surface area contributed by atoms with Crippen LogP contribution >= 0.6 is 11.6 Å². The standard InChI is InChI=1S/C15H18ClNO5/c1-2-11(22-12-6-4-3-5-10(12)16)14(18)17-7-8-21-13(9-17)15(19)20/h3-6,11,13H,2,7-9H2,1H3,(H,19,20). The molecule has 1 heterocycles. The first-order valence-electron chi connectivity index (χ1n) is 7.07. The van der Waals surface area contributed by atoms with Gasteiger partial charge in [0.2, 0.25) is 0 Å². The Kier molecular flexibility index (Phi) is 5.63. The Morgan fingerprint density at radius 1 is 1.50 bits per heavy atom. The summed E-state index contributed by atoms with van der Waals surface area (Å²) in [5, 5.41) is 9.42. The van der Waals surface area contributed by atoms with Crippen molar-refractivity contribution >= 4 is 23.5 Å². The number of carboxylic acid groups (broad SMARTS) is 1. The van der Waals surface area contributed by atoms with Crippen LogP contribution in [0.3, 0.4) is 0 Å². The average Bonchev–Trinajstić information content (AvgIpc) is 2.53. The SMILES string of the molecule is CCC(Oc1ccccc1Cl)C(=O)N1CCOC(C(=O)O)C1. The number of para-hydroxylation sites is 1. The molecular weight excluding hydrogens is 310 g/mol. The van der Waals surface area contributed by atoms with Gasteiger partial charge < -0.3 is 19.5 Å². The zero-order valence-corrected chi connectivity index (χ0v) is 13.0. The van der Waals surface area contributed by atoms with Crippen LogP contribution in [-0.4, -0.2) is 53.8 Å². The first-order valence-corrected chi connectivity index (χ1v) is 7.45. The maximum absolute atomic E-state index is 12.5. The highest BCUT2D eigenvalue weighted by Crippen LogP contribution is 2.25. The number of morpholine rings is 1. The molecule has 1 amide bonds. The van der Waals surface area contributed by atoms with Crippen LogP contribution < -0.4 is 4.74 Å². The number of rotatable bonds is 5. The van der Waals surface area contributed by atoms with Crippen molar-refractivity contribution in [1.29, 1.82) is 0 Å². The molecule has 1 fully saturated rings. The molecule has 6 nitrogen and oxygen atoms in total. The number of ether oxygens (including phenoxy) is 2. The predicted octanol–water partition coefficient (Wildman–Crippen LogP) is 1.81. The quantitative estimate of drug-likeness (QED) is 0.892. The predicted molar refractivity (Wildman–Crippen MR) is 80.1 cm³/mol. The normalized spacial score (nSPS) is 19.5. The lowest BCUT2D eigenvalue weighted by atomic mass is 10.2. The van der Waals surface area contributed by atoms with Crippen molar-refractivity contribution in [3.05, 3.63) is 29.3 Å². The fraction of sp³-hybridized carbons (Fsp3) is 0.467. The maximum atomic E-state index is 12.5. The summed E-state index contributed by atoms with van der Waals surface area (Å²) in [7, 11) is 0. The Bertz CT molecular complexity index is 550. The van der Waals surface area contributed by atoms with Gasteiger partial charge in [-0.3, -0.25) is 4.79 Å². The van der Waals surface area contributed by atoms with Gasteiger partial charge >= 0.3 is 5.97 Å². The molecule has 0 aromatic heterocycles. The Morgan fingerprint density at radius 3 is 2.86 bits per heavy atom. The van der Waals surface area contributed by atoms with Gasteiger partial charge in [-0.25, -0.2) is 4.79 Å². The second-order valence-electron chi connectivity index (χ2n) is 4.93. The first kappa shape index (κ1) is 16.6. The maximum Gasteiger partial charge on any atom is 0.334 e. The number of carbonyl (C=O) groups is 2. The minimum absolute atomic E-state index is 0.0244. The third-order valence-corrected chi connectivity index (χ3v) is 3.72.